The Balaban J connectivity index is 1.34. The van der Waals surface area contributed by atoms with E-state index >= 15 is 0 Å². The summed E-state index contributed by atoms with van der Waals surface area (Å²) < 4.78 is 0. The topological polar surface area (TPSA) is 0 Å². The maximum absolute atomic E-state index is 2.56. The number of benzene rings is 9. The highest BCUT2D eigenvalue weighted by molar-refractivity contribution is 6.48. The second kappa shape index (κ2) is 12.7. The van der Waals surface area contributed by atoms with Gasteiger partial charge in [-0.05, 0) is 175 Å². The van der Waals surface area contributed by atoms with Gasteiger partial charge in [-0.25, -0.2) is 0 Å². The van der Waals surface area contributed by atoms with Crippen molar-refractivity contribution in [1.29, 1.82) is 0 Å². The van der Waals surface area contributed by atoms with Crippen molar-refractivity contribution < 1.29 is 0 Å². The molecule has 0 unspecified atom stereocenters. The third-order valence-corrected chi connectivity index (χ3v) is 15.8. The Hall–Kier alpha value is -6.50. The fourth-order valence-corrected chi connectivity index (χ4v) is 12.3. The van der Waals surface area contributed by atoms with Gasteiger partial charge >= 0.3 is 0 Å². The number of hydrogen-bond donors (Lipinski definition) is 0. The van der Waals surface area contributed by atoms with Crippen molar-refractivity contribution >= 4 is 64.6 Å². The lowest BCUT2D eigenvalue weighted by Crippen LogP contribution is -2.16. The summed E-state index contributed by atoms with van der Waals surface area (Å²) in [6.07, 6.45) is 0. The summed E-state index contributed by atoms with van der Waals surface area (Å²) in [4.78, 5) is 0. The van der Waals surface area contributed by atoms with E-state index in [1.54, 1.807) is 0 Å². The van der Waals surface area contributed by atoms with E-state index in [2.05, 4.69) is 217 Å². The van der Waals surface area contributed by atoms with Crippen molar-refractivity contribution in [3.8, 4) is 66.8 Å². The molecule has 13 rings (SSSR count). The molecule has 0 heteroatoms. The molecule has 0 N–H and O–H groups in total. The number of hydrogen-bond acceptors (Lipinski definition) is 0. The van der Waals surface area contributed by atoms with Gasteiger partial charge in [-0.2, -0.15) is 0 Å². The molecule has 0 bridgehead atoms. The standard InChI is InChI=1S/C66H58/c1-63(2,3)37-29-35(30-38(33-37)64(4,5)6)53-59-49-25-21-45-41-17-13-15-19-43(41)47-23-27-51(57(49)55(45)47)61(59)54(36-31-39(65(7,8)9)34-40(32-36)66(10,11)12)62-52-28-24-48-44-20-16-14-18-42(44)46-22-26-50(60(53)62)58(52)56(46)48/h13-34H,1-12H3. The van der Waals surface area contributed by atoms with Gasteiger partial charge in [0.1, 0.15) is 0 Å². The van der Waals surface area contributed by atoms with Crippen LogP contribution in [0.5, 0.6) is 0 Å². The number of rotatable bonds is 2. The van der Waals surface area contributed by atoms with E-state index in [1.165, 1.54) is 154 Å². The molecular weight excluding hydrogens is 793 g/mol. The van der Waals surface area contributed by atoms with Gasteiger partial charge in [0.15, 0.2) is 0 Å². The van der Waals surface area contributed by atoms with Gasteiger partial charge in [0.05, 0.1) is 0 Å². The molecule has 0 fully saturated rings. The van der Waals surface area contributed by atoms with E-state index in [4.69, 9.17) is 0 Å². The minimum absolute atomic E-state index is 0.0480. The molecule has 0 amide bonds. The van der Waals surface area contributed by atoms with Crippen LogP contribution in [0.4, 0.5) is 0 Å². The van der Waals surface area contributed by atoms with Crippen molar-refractivity contribution in [3.63, 3.8) is 0 Å². The van der Waals surface area contributed by atoms with Crippen molar-refractivity contribution in [2.75, 3.05) is 0 Å². The highest BCUT2D eigenvalue weighted by Gasteiger charge is 2.34. The summed E-state index contributed by atoms with van der Waals surface area (Å²) in [5.41, 5.74) is 21.5. The Morgan fingerprint density at radius 2 is 0.470 bits per heavy atom. The minimum atomic E-state index is -0.0480. The molecule has 2 aliphatic carbocycles. The Kier molecular flexibility index (Phi) is 7.65. The summed E-state index contributed by atoms with van der Waals surface area (Å²) in [7, 11) is 0. The predicted molar refractivity (Wildman–Crippen MR) is 288 cm³/mol. The lowest BCUT2D eigenvalue weighted by Gasteiger charge is -2.28. The molecule has 11 aromatic rings. The molecule has 66 heavy (non-hydrogen) atoms. The van der Waals surface area contributed by atoms with Gasteiger partial charge < -0.3 is 0 Å². The third-order valence-electron chi connectivity index (χ3n) is 15.8. The molecule has 322 valence electrons. The predicted octanol–water partition coefficient (Wildman–Crippen LogP) is 19.3. The summed E-state index contributed by atoms with van der Waals surface area (Å²) >= 11 is 0. The average Bonchev–Trinajstić information content (AvgIpc) is 3.99. The largest absolute Gasteiger partial charge is 0.0616 e. The molecular formula is C66H58. The van der Waals surface area contributed by atoms with Crippen LogP contribution in [0, 0.1) is 0 Å². The van der Waals surface area contributed by atoms with Gasteiger partial charge in [0.25, 0.3) is 0 Å². The zero-order chi connectivity index (χ0) is 45.7. The van der Waals surface area contributed by atoms with Crippen molar-refractivity contribution in [1.82, 2.24) is 0 Å². The van der Waals surface area contributed by atoms with Gasteiger partial charge in [-0.15, -0.1) is 0 Å². The van der Waals surface area contributed by atoms with Crippen LogP contribution < -0.4 is 0 Å². The molecule has 0 saturated carbocycles. The molecule has 0 aromatic heterocycles. The zero-order valence-electron chi connectivity index (χ0n) is 40.7. The van der Waals surface area contributed by atoms with Crippen LogP contribution >= 0.6 is 0 Å². The molecule has 0 saturated heterocycles. The second-order valence-corrected chi connectivity index (χ2v) is 24.1. The summed E-state index contributed by atoms with van der Waals surface area (Å²) in [6, 6.07) is 53.1. The molecule has 0 aliphatic heterocycles. The summed E-state index contributed by atoms with van der Waals surface area (Å²) in [6.45, 7) is 28.6. The lowest BCUT2D eigenvalue weighted by molar-refractivity contribution is 0.568. The van der Waals surface area contributed by atoms with Crippen LogP contribution in [-0.4, -0.2) is 0 Å². The van der Waals surface area contributed by atoms with Gasteiger partial charge in [-0.3, -0.25) is 0 Å². The third kappa shape index (κ3) is 5.22. The molecule has 11 aromatic carbocycles. The summed E-state index contributed by atoms with van der Waals surface area (Å²) in [5, 5.41) is 16.6. The SMILES string of the molecule is CC(C)(C)c1cc(-c2c3c4ccc5c6c(ccc(c3c(-c3cc(C(C)(C)C)cc(C(C)(C)C)c3)c3c7ccc8c9c(ccc(c23)c97)-c2ccccc2-8)c64)-c2ccccc2-5)cc(C(C)(C)C)c1. The fourth-order valence-electron chi connectivity index (χ4n) is 12.3. The first-order valence-corrected chi connectivity index (χ1v) is 24.3. The van der Waals surface area contributed by atoms with Crippen LogP contribution in [0.3, 0.4) is 0 Å². The summed E-state index contributed by atoms with van der Waals surface area (Å²) in [5.74, 6) is 0. The van der Waals surface area contributed by atoms with Gasteiger partial charge in [-0.1, -0.05) is 217 Å². The zero-order valence-corrected chi connectivity index (χ0v) is 40.7. The Morgan fingerprint density at radius 1 is 0.227 bits per heavy atom. The molecule has 0 radical (unpaired) electrons. The molecule has 2 aliphatic rings. The Labute approximate surface area is 390 Å². The number of fused-ring (bicyclic) bond motifs is 12. The smallest absolute Gasteiger partial charge is 0.000717 e. The Morgan fingerprint density at radius 3 is 0.697 bits per heavy atom. The normalized spacial score (nSPS) is 13.8. The van der Waals surface area contributed by atoms with Crippen molar-refractivity contribution in [2.45, 2.75) is 105 Å². The highest BCUT2D eigenvalue weighted by atomic mass is 14.4. The van der Waals surface area contributed by atoms with Crippen LogP contribution in [0.2, 0.25) is 0 Å². The molecule has 0 spiro atoms. The Bertz CT molecular complexity index is 3440. The lowest BCUT2D eigenvalue weighted by atomic mass is 9.76. The molecule has 0 atom stereocenters. The molecule has 0 nitrogen and oxygen atoms in total. The second-order valence-electron chi connectivity index (χ2n) is 24.1. The van der Waals surface area contributed by atoms with E-state index in [0.29, 0.717) is 0 Å². The van der Waals surface area contributed by atoms with Crippen LogP contribution in [0.1, 0.15) is 105 Å². The minimum Gasteiger partial charge on any atom is -0.0616 e. The maximum atomic E-state index is 2.56. The first kappa shape index (κ1) is 39.8. The van der Waals surface area contributed by atoms with Crippen molar-refractivity contribution in [3.05, 3.63) is 156 Å². The van der Waals surface area contributed by atoms with Crippen LogP contribution in [-0.2, 0) is 21.7 Å². The highest BCUT2D eigenvalue weighted by Crippen LogP contribution is 2.61. The quantitative estimate of drug-likeness (QED) is 0.163. The van der Waals surface area contributed by atoms with E-state index in [9.17, 15) is 0 Å². The maximum Gasteiger partial charge on any atom is -0.000717 e. The van der Waals surface area contributed by atoms with Crippen LogP contribution in [0.25, 0.3) is 131 Å². The molecule has 0 heterocycles. The van der Waals surface area contributed by atoms with E-state index < -0.39 is 0 Å². The first-order chi connectivity index (χ1) is 31.3. The monoisotopic (exact) mass is 850 g/mol. The van der Waals surface area contributed by atoms with E-state index in [-0.39, 0.29) is 21.7 Å². The first-order valence-electron chi connectivity index (χ1n) is 24.3. The van der Waals surface area contributed by atoms with Crippen LogP contribution in [0.15, 0.2) is 133 Å². The van der Waals surface area contributed by atoms with Gasteiger partial charge in [0.2, 0.25) is 0 Å². The van der Waals surface area contributed by atoms with E-state index in [0.717, 1.165) is 0 Å². The average molecular weight is 851 g/mol. The van der Waals surface area contributed by atoms with Gasteiger partial charge in [0, 0.05) is 0 Å². The van der Waals surface area contributed by atoms with Crippen molar-refractivity contribution in [2.24, 2.45) is 0 Å². The fraction of sp³-hybridized carbons (Fsp3) is 0.242. The van der Waals surface area contributed by atoms with E-state index in [1.807, 2.05) is 0 Å².